The summed E-state index contributed by atoms with van der Waals surface area (Å²) in [5, 5.41) is 10.7. The van der Waals surface area contributed by atoms with Crippen LogP contribution in [0.15, 0.2) is 34.8 Å². The van der Waals surface area contributed by atoms with Crippen molar-refractivity contribution in [3.05, 3.63) is 68.2 Å². The fraction of sp³-hybridized carbons (Fsp3) is 0.143. The van der Waals surface area contributed by atoms with E-state index in [1.165, 1.54) is 0 Å². The van der Waals surface area contributed by atoms with E-state index >= 15 is 0 Å². The maximum atomic E-state index is 13.8. The Morgan fingerprint density at radius 3 is 2.42 bits per heavy atom. The molecule has 0 fully saturated rings. The standard InChI is InChI=1S/C14H10BrClF2O/c1-7-4-8(16)2-3-9(7)14(19)10-5-13(18)11(15)6-12(10)17/h2-6,14,19H,1H3. The van der Waals surface area contributed by atoms with Crippen molar-refractivity contribution in [1.29, 1.82) is 0 Å². The van der Waals surface area contributed by atoms with E-state index in [1.54, 1.807) is 25.1 Å². The average Bonchev–Trinajstić information content (AvgIpc) is 2.33. The number of rotatable bonds is 2. The quantitative estimate of drug-likeness (QED) is 0.776. The van der Waals surface area contributed by atoms with Gasteiger partial charge in [-0.15, -0.1) is 0 Å². The van der Waals surface area contributed by atoms with Gasteiger partial charge in [-0.05, 0) is 58.2 Å². The van der Waals surface area contributed by atoms with Crippen LogP contribution < -0.4 is 0 Å². The summed E-state index contributed by atoms with van der Waals surface area (Å²) in [4.78, 5) is 0. The zero-order valence-corrected chi connectivity index (χ0v) is 12.3. The maximum absolute atomic E-state index is 13.8. The second kappa shape index (κ2) is 5.57. The lowest BCUT2D eigenvalue weighted by Gasteiger charge is -2.15. The minimum absolute atomic E-state index is 0.0220. The summed E-state index contributed by atoms with van der Waals surface area (Å²) in [5.41, 5.74) is 1.10. The smallest absolute Gasteiger partial charge is 0.137 e. The average molecular weight is 348 g/mol. The van der Waals surface area contributed by atoms with E-state index in [4.69, 9.17) is 11.6 Å². The van der Waals surface area contributed by atoms with Crippen LogP contribution >= 0.6 is 27.5 Å². The highest BCUT2D eigenvalue weighted by Crippen LogP contribution is 2.30. The molecule has 100 valence electrons. The third kappa shape index (κ3) is 2.96. The molecule has 0 aliphatic heterocycles. The molecule has 2 rings (SSSR count). The number of aliphatic hydroxyl groups is 1. The van der Waals surface area contributed by atoms with E-state index in [-0.39, 0.29) is 10.0 Å². The lowest BCUT2D eigenvalue weighted by molar-refractivity contribution is 0.213. The number of aryl methyl sites for hydroxylation is 1. The molecule has 2 aromatic carbocycles. The molecular weight excluding hydrogens is 338 g/mol. The summed E-state index contributed by atoms with van der Waals surface area (Å²) in [5.74, 6) is -1.29. The Hall–Kier alpha value is -0.970. The third-order valence-corrected chi connectivity index (χ3v) is 3.70. The van der Waals surface area contributed by atoms with Gasteiger partial charge in [0, 0.05) is 10.6 Å². The lowest BCUT2D eigenvalue weighted by atomic mass is 9.97. The number of aliphatic hydroxyl groups excluding tert-OH is 1. The number of halogens is 4. The molecule has 0 aromatic heterocycles. The molecular formula is C14H10BrClF2O. The summed E-state index contributed by atoms with van der Waals surface area (Å²) in [6, 6.07) is 6.84. The predicted octanol–water partition coefficient (Wildman–Crippen LogP) is 4.77. The van der Waals surface area contributed by atoms with Crippen molar-refractivity contribution in [3.8, 4) is 0 Å². The second-order valence-corrected chi connectivity index (χ2v) is 5.48. The minimum atomic E-state index is -1.24. The summed E-state index contributed by atoms with van der Waals surface area (Å²) in [6.45, 7) is 1.75. The van der Waals surface area contributed by atoms with Gasteiger partial charge >= 0.3 is 0 Å². The van der Waals surface area contributed by atoms with Crippen molar-refractivity contribution >= 4 is 27.5 Å². The monoisotopic (exact) mass is 346 g/mol. The Morgan fingerprint density at radius 2 is 1.79 bits per heavy atom. The van der Waals surface area contributed by atoms with Gasteiger partial charge in [-0.1, -0.05) is 17.7 Å². The molecule has 0 aliphatic carbocycles. The SMILES string of the molecule is Cc1cc(Cl)ccc1C(O)c1cc(F)c(Br)cc1F. The zero-order chi connectivity index (χ0) is 14.2. The van der Waals surface area contributed by atoms with Gasteiger partial charge in [-0.25, -0.2) is 8.78 Å². The van der Waals surface area contributed by atoms with Gasteiger partial charge in [0.15, 0.2) is 0 Å². The summed E-state index contributed by atoms with van der Waals surface area (Å²) in [6.07, 6.45) is -1.24. The Bertz CT molecular complexity index is 631. The van der Waals surface area contributed by atoms with Gasteiger partial charge in [-0.2, -0.15) is 0 Å². The molecule has 5 heteroatoms. The molecule has 0 spiro atoms. The van der Waals surface area contributed by atoms with Gasteiger partial charge in [0.1, 0.15) is 17.7 Å². The molecule has 1 N–H and O–H groups in total. The Morgan fingerprint density at radius 1 is 1.11 bits per heavy atom. The van der Waals surface area contributed by atoms with E-state index in [9.17, 15) is 13.9 Å². The van der Waals surface area contributed by atoms with Crippen LogP contribution in [0.5, 0.6) is 0 Å². The van der Waals surface area contributed by atoms with Gasteiger partial charge < -0.3 is 5.11 Å². The predicted molar refractivity (Wildman–Crippen MR) is 74.3 cm³/mol. The Balaban J connectivity index is 2.49. The van der Waals surface area contributed by atoms with E-state index in [0.717, 1.165) is 12.1 Å². The second-order valence-electron chi connectivity index (χ2n) is 4.19. The highest BCUT2D eigenvalue weighted by Gasteiger charge is 2.19. The van der Waals surface area contributed by atoms with E-state index in [1.807, 2.05) is 0 Å². The van der Waals surface area contributed by atoms with Crippen molar-refractivity contribution in [3.63, 3.8) is 0 Å². The van der Waals surface area contributed by atoms with E-state index < -0.39 is 17.7 Å². The van der Waals surface area contributed by atoms with E-state index in [2.05, 4.69) is 15.9 Å². The third-order valence-electron chi connectivity index (χ3n) is 2.86. The van der Waals surface area contributed by atoms with Crippen molar-refractivity contribution in [2.45, 2.75) is 13.0 Å². The highest BCUT2D eigenvalue weighted by atomic mass is 79.9. The first-order valence-electron chi connectivity index (χ1n) is 5.48. The van der Waals surface area contributed by atoms with Crippen LogP contribution in [0, 0.1) is 18.6 Å². The molecule has 0 radical (unpaired) electrons. The van der Waals surface area contributed by atoms with Crippen LogP contribution in [0.1, 0.15) is 22.8 Å². The van der Waals surface area contributed by atoms with Crippen LogP contribution in [-0.4, -0.2) is 5.11 Å². The number of hydrogen-bond donors (Lipinski definition) is 1. The lowest BCUT2D eigenvalue weighted by Crippen LogP contribution is -2.05. The molecule has 1 atom stereocenters. The van der Waals surface area contributed by atoms with Crippen LogP contribution in [0.2, 0.25) is 5.02 Å². The van der Waals surface area contributed by atoms with Gasteiger partial charge in [0.05, 0.1) is 4.47 Å². The summed E-state index contributed by atoms with van der Waals surface area (Å²) < 4.78 is 27.3. The first-order chi connectivity index (χ1) is 8.90. The normalized spacial score (nSPS) is 12.5. The van der Waals surface area contributed by atoms with Crippen molar-refractivity contribution in [1.82, 2.24) is 0 Å². The van der Waals surface area contributed by atoms with Gasteiger partial charge in [0.2, 0.25) is 0 Å². The highest BCUT2D eigenvalue weighted by molar-refractivity contribution is 9.10. The van der Waals surface area contributed by atoms with Gasteiger partial charge in [0.25, 0.3) is 0 Å². The molecule has 1 unspecified atom stereocenters. The molecule has 0 heterocycles. The molecule has 0 bridgehead atoms. The zero-order valence-electron chi connectivity index (χ0n) is 9.92. The first-order valence-corrected chi connectivity index (χ1v) is 6.66. The van der Waals surface area contributed by atoms with Crippen LogP contribution in [0.4, 0.5) is 8.78 Å². The number of hydrogen-bond acceptors (Lipinski definition) is 1. The van der Waals surface area contributed by atoms with Crippen LogP contribution in [0.25, 0.3) is 0 Å². The molecule has 0 amide bonds. The van der Waals surface area contributed by atoms with Crippen molar-refractivity contribution in [2.24, 2.45) is 0 Å². The Labute approximate surface area is 123 Å². The summed E-state index contributed by atoms with van der Waals surface area (Å²) >= 11 is 8.72. The van der Waals surface area contributed by atoms with Crippen LogP contribution in [-0.2, 0) is 0 Å². The first kappa shape index (κ1) is 14.4. The molecule has 0 saturated heterocycles. The Kier molecular flexibility index (Phi) is 4.23. The maximum Gasteiger partial charge on any atom is 0.137 e. The topological polar surface area (TPSA) is 20.2 Å². The molecule has 19 heavy (non-hydrogen) atoms. The fourth-order valence-electron chi connectivity index (χ4n) is 1.86. The van der Waals surface area contributed by atoms with Crippen LogP contribution in [0.3, 0.4) is 0 Å². The molecule has 0 aliphatic rings. The van der Waals surface area contributed by atoms with E-state index in [0.29, 0.717) is 16.1 Å². The van der Waals surface area contributed by atoms with Gasteiger partial charge in [-0.3, -0.25) is 0 Å². The van der Waals surface area contributed by atoms with Crippen molar-refractivity contribution in [2.75, 3.05) is 0 Å². The minimum Gasteiger partial charge on any atom is -0.384 e. The molecule has 1 nitrogen and oxygen atoms in total. The van der Waals surface area contributed by atoms with Crippen molar-refractivity contribution < 1.29 is 13.9 Å². The molecule has 0 saturated carbocycles. The largest absolute Gasteiger partial charge is 0.384 e. The summed E-state index contributed by atoms with van der Waals surface area (Å²) in [7, 11) is 0. The fourth-order valence-corrected chi connectivity index (χ4v) is 2.40. The number of benzene rings is 2. The molecule has 2 aromatic rings.